The number of benzene rings is 1. The number of nitrogens with zero attached hydrogens (tertiary/aromatic N) is 1. The fraction of sp³-hybridized carbons (Fsp3) is 0.417. The first-order valence-corrected chi connectivity index (χ1v) is 5.87. The van der Waals surface area contributed by atoms with Crippen LogP contribution in [0.1, 0.15) is 31.7 Å². The number of aromatic hydroxyl groups is 1. The third-order valence-corrected chi connectivity index (χ3v) is 2.63. The Morgan fingerprint density at radius 2 is 2.11 bits per heavy atom. The molecule has 0 spiro atoms. The molecule has 0 heterocycles. The molecule has 19 heavy (non-hydrogen) atoms. The largest absolute Gasteiger partial charge is 0.511 e. The van der Waals surface area contributed by atoms with Crippen LogP contribution in [-0.4, -0.2) is 21.3 Å². The Kier molecular flexibility index (Phi) is 5.11. The highest BCUT2D eigenvalue weighted by molar-refractivity contribution is 5.67. The molecule has 1 rings (SSSR count). The van der Waals surface area contributed by atoms with Gasteiger partial charge in [-0.15, -0.1) is 0 Å². The summed E-state index contributed by atoms with van der Waals surface area (Å²) in [6.45, 7) is 2.01. The minimum absolute atomic E-state index is 0.369. The van der Waals surface area contributed by atoms with Gasteiger partial charge in [0.25, 0.3) is 0 Å². The van der Waals surface area contributed by atoms with E-state index in [1.165, 1.54) is 12.1 Å². The summed E-state index contributed by atoms with van der Waals surface area (Å²) in [7, 11) is 0. The lowest BCUT2D eigenvalue weighted by molar-refractivity contribution is -0.386. The van der Waals surface area contributed by atoms with Gasteiger partial charge >= 0.3 is 11.8 Å². The molecule has 7 nitrogen and oxygen atoms in total. The highest BCUT2D eigenvalue weighted by Gasteiger charge is 2.24. The van der Waals surface area contributed by atoms with Crippen molar-refractivity contribution in [1.82, 2.24) is 0 Å². The molecule has 1 aromatic rings. The molecule has 0 saturated carbocycles. The summed E-state index contributed by atoms with van der Waals surface area (Å²) < 4.78 is 4.28. The molecule has 0 radical (unpaired) electrons. The van der Waals surface area contributed by atoms with E-state index in [2.05, 4.69) is 4.74 Å². The predicted octanol–water partition coefficient (Wildman–Crippen LogP) is 3.09. The number of rotatable bonds is 6. The topological polar surface area (TPSA) is 110 Å². The predicted molar refractivity (Wildman–Crippen MR) is 66.6 cm³/mol. The lowest BCUT2D eigenvalue weighted by Crippen LogP contribution is -2.05. The van der Waals surface area contributed by atoms with E-state index in [0.29, 0.717) is 12.0 Å². The first-order valence-electron chi connectivity index (χ1n) is 5.87. The number of ether oxygens (including phenoxy) is 1. The van der Waals surface area contributed by atoms with Crippen molar-refractivity contribution in [3.05, 3.63) is 27.8 Å². The van der Waals surface area contributed by atoms with Crippen molar-refractivity contribution in [3.63, 3.8) is 0 Å². The second-order valence-corrected chi connectivity index (χ2v) is 4.00. The number of phenols is 1. The number of carboxylic acid groups (broad SMARTS) is 1. The monoisotopic (exact) mass is 269 g/mol. The van der Waals surface area contributed by atoms with Gasteiger partial charge in [0.1, 0.15) is 0 Å². The smallest absolute Gasteiger partial charge is 0.499 e. The highest BCUT2D eigenvalue weighted by atomic mass is 16.7. The van der Waals surface area contributed by atoms with E-state index in [9.17, 15) is 20.0 Å². The van der Waals surface area contributed by atoms with Crippen LogP contribution in [0.2, 0.25) is 0 Å². The Hall–Kier alpha value is -2.31. The third-order valence-electron chi connectivity index (χ3n) is 2.63. The first-order chi connectivity index (χ1) is 8.97. The standard InChI is InChI=1S/C12H15NO6/c1-2-3-4-5-8-6-7-9(19-12(15)16)11(14)10(8)13(17)18/h6-7,14H,2-5H2,1H3,(H,15,16). The average Bonchev–Trinajstić information content (AvgIpc) is 2.32. The Morgan fingerprint density at radius 3 is 2.63 bits per heavy atom. The number of nitro benzene ring substituents is 1. The molecule has 0 aliphatic heterocycles. The number of carbonyl (C=O) groups is 1. The summed E-state index contributed by atoms with van der Waals surface area (Å²) in [6, 6.07) is 2.63. The molecular weight excluding hydrogens is 254 g/mol. The summed E-state index contributed by atoms with van der Waals surface area (Å²) in [4.78, 5) is 20.6. The molecule has 104 valence electrons. The molecule has 0 saturated heterocycles. The molecule has 0 unspecified atom stereocenters. The molecular formula is C12H15NO6. The van der Waals surface area contributed by atoms with Gasteiger partial charge in [0, 0.05) is 5.56 Å². The van der Waals surface area contributed by atoms with Gasteiger partial charge in [0.2, 0.25) is 5.75 Å². The summed E-state index contributed by atoms with van der Waals surface area (Å²) >= 11 is 0. The third kappa shape index (κ3) is 3.84. The van der Waals surface area contributed by atoms with Crippen LogP contribution < -0.4 is 4.74 Å². The Balaban J connectivity index is 3.09. The normalized spacial score (nSPS) is 10.2. The number of hydrogen-bond donors (Lipinski definition) is 2. The lowest BCUT2D eigenvalue weighted by Gasteiger charge is -2.07. The molecule has 0 amide bonds. The molecule has 0 atom stereocenters. The molecule has 0 aliphatic rings. The van der Waals surface area contributed by atoms with Gasteiger partial charge in [-0.2, -0.15) is 0 Å². The van der Waals surface area contributed by atoms with Crippen LogP contribution in [0.15, 0.2) is 12.1 Å². The van der Waals surface area contributed by atoms with Crippen molar-refractivity contribution in [3.8, 4) is 11.5 Å². The molecule has 1 aromatic carbocycles. The SMILES string of the molecule is CCCCCc1ccc(OC(=O)O)c(O)c1[N+](=O)[O-]. The van der Waals surface area contributed by atoms with Gasteiger partial charge < -0.3 is 14.9 Å². The van der Waals surface area contributed by atoms with Crippen LogP contribution >= 0.6 is 0 Å². The summed E-state index contributed by atoms with van der Waals surface area (Å²) in [6.07, 6.45) is 1.47. The van der Waals surface area contributed by atoms with Gasteiger partial charge in [0.15, 0.2) is 5.75 Å². The Labute approximate surface area is 109 Å². The van der Waals surface area contributed by atoms with Crippen LogP contribution in [0, 0.1) is 10.1 Å². The molecule has 0 fully saturated rings. The Morgan fingerprint density at radius 1 is 1.42 bits per heavy atom. The van der Waals surface area contributed by atoms with Gasteiger partial charge in [-0.1, -0.05) is 19.8 Å². The first kappa shape index (κ1) is 14.7. The van der Waals surface area contributed by atoms with Gasteiger partial charge in [-0.25, -0.2) is 4.79 Å². The molecule has 2 N–H and O–H groups in total. The number of aryl methyl sites for hydroxylation is 1. The van der Waals surface area contributed by atoms with E-state index in [1.807, 2.05) is 6.92 Å². The number of phenolic OH excluding ortho intramolecular Hbond substituents is 1. The maximum atomic E-state index is 11.0. The lowest BCUT2D eigenvalue weighted by atomic mass is 10.0. The number of hydrogen-bond acceptors (Lipinski definition) is 5. The Bertz CT molecular complexity index is 485. The maximum absolute atomic E-state index is 11.0. The van der Waals surface area contributed by atoms with Crippen molar-refractivity contribution >= 4 is 11.8 Å². The van der Waals surface area contributed by atoms with Gasteiger partial charge in [-0.3, -0.25) is 10.1 Å². The van der Waals surface area contributed by atoms with E-state index in [0.717, 1.165) is 19.3 Å². The quantitative estimate of drug-likeness (QED) is 0.270. The zero-order valence-corrected chi connectivity index (χ0v) is 10.5. The van der Waals surface area contributed by atoms with E-state index in [1.54, 1.807) is 0 Å². The molecule has 0 aromatic heterocycles. The molecule has 0 aliphatic carbocycles. The van der Waals surface area contributed by atoms with Gasteiger partial charge in [-0.05, 0) is 25.0 Å². The molecule has 7 heteroatoms. The number of unbranched alkanes of at least 4 members (excludes halogenated alkanes) is 2. The maximum Gasteiger partial charge on any atom is 0.511 e. The zero-order valence-electron chi connectivity index (χ0n) is 10.5. The van der Waals surface area contributed by atoms with Crippen LogP contribution in [0.25, 0.3) is 0 Å². The highest BCUT2D eigenvalue weighted by Crippen LogP contribution is 2.39. The molecule has 0 bridgehead atoms. The van der Waals surface area contributed by atoms with Gasteiger partial charge in [0.05, 0.1) is 4.92 Å². The van der Waals surface area contributed by atoms with E-state index in [4.69, 9.17) is 5.11 Å². The van der Waals surface area contributed by atoms with Crippen molar-refractivity contribution in [2.45, 2.75) is 32.6 Å². The minimum atomic E-state index is -1.64. The average molecular weight is 269 g/mol. The fourth-order valence-corrected chi connectivity index (χ4v) is 1.75. The summed E-state index contributed by atoms with van der Waals surface area (Å²) in [5.74, 6) is -1.18. The summed E-state index contributed by atoms with van der Waals surface area (Å²) in [5.41, 5.74) is -0.122. The van der Waals surface area contributed by atoms with E-state index >= 15 is 0 Å². The van der Waals surface area contributed by atoms with Crippen molar-refractivity contribution in [2.24, 2.45) is 0 Å². The van der Waals surface area contributed by atoms with Crippen molar-refractivity contribution < 1.29 is 24.7 Å². The second-order valence-electron chi connectivity index (χ2n) is 4.00. The van der Waals surface area contributed by atoms with E-state index < -0.39 is 28.3 Å². The van der Waals surface area contributed by atoms with Crippen molar-refractivity contribution in [1.29, 1.82) is 0 Å². The summed E-state index contributed by atoms with van der Waals surface area (Å²) in [5, 5.41) is 29.1. The number of nitro groups is 1. The van der Waals surface area contributed by atoms with Crippen LogP contribution in [0.4, 0.5) is 10.5 Å². The van der Waals surface area contributed by atoms with Crippen LogP contribution in [0.3, 0.4) is 0 Å². The van der Waals surface area contributed by atoms with E-state index in [-0.39, 0.29) is 0 Å². The van der Waals surface area contributed by atoms with Crippen LogP contribution in [-0.2, 0) is 6.42 Å². The zero-order chi connectivity index (χ0) is 14.4. The van der Waals surface area contributed by atoms with Crippen molar-refractivity contribution in [2.75, 3.05) is 0 Å². The second kappa shape index (κ2) is 6.58. The fourth-order valence-electron chi connectivity index (χ4n) is 1.75. The van der Waals surface area contributed by atoms with Crippen LogP contribution in [0.5, 0.6) is 11.5 Å². The minimum Gasteiger partial charge on any atom is -0.499 e.